The van der Waals surface area contributed by atoms with Gasteiger partial charge in [0.15, 0.2) is 23.0 Å². The van der Waals surface area contributed by atoms with Crippen molar-refractivity contribution in [1.82, 2.24) is 5.32 Å². The second kappa shape index (κ2) is 8.32. The average Bonchev–Trinajstić information content (AvgIpc) is 2.65. The fraction of sp³-hybridized carbons (Fsp3) is 0.368. The summed E-state index contributed by atoms with van der Waals surface area (Å²) in [5.41, 5.74) is 2.44. The van der Waals surface area contributed by atoms with Crippen LogP contribution in [-0.4, -0.2) is 33.0 Å². The molecule has 0 saturated heterocycles. The van der Waals surface area contributed by atoms with Crippen molar-refractivity contribution in [2.24, 2.45) is 0 Å². The predicted molar refractivity (Wildman–Crippen MR) is 97.5 cm³/mol. The Balaban J connectivity index is 0.00000182. The fourth-order valence-corrected chi connectivity index (χ4v) is 2.91. The zero-order valence-corrected chi connectivity index (χ0v) is 14.8. The topological polar surface area (TPSA) is 49.0 Å². The SMILES string of the molecule is Cl.c1cc2c(cc1CCNCc1ccc3c(c1)OCCO3)OCCO2. The molecule has 2 aromatic carbocycles. The predicted octanol–water partition coefficient (Wildman–Crippen LogP) is 2.98. The van der Waals surface area contributed by atoms with E-state index in [9.17, 15) is 0 Å². The van der Waals surface area contributed by atoms with Gasteiger partial charge in [-0.3, -0.25) is 0 Å². The molecule has 1 N–H and O–H groups in total. The molecule has 134 valence electrons. The van der Waals surface area contributed by atoms with E-state index in [1.165, 1.54) is 11.1 Å². The molecule has 0 aliphatic carbocycles. The monoisotopic (exact) mass is 363 g/mol. The van der Waals surface area contributed by atoms with E-state index in [0.717, 1.165) is 42.5 Å². The molecule has 0 spiro atoms. The highest BCUT2D eigenvalue weighted by atomic mass is 35.5. The molecule has 2 aliphatic rings. The number of nitrogens with one attached hydrogen (secondary N) is 1. The van der Waals surface area contributed by atoms with Crippen molar-refractivity contribution >= 4 is 12.4 Å². The van der Waals surface area contributed by atoms with Crippen LogP contribution in [0.25, 0.3) is 0 Å². The Labute approximate surface area is 153 Å². The number of ether oxygens (including phenoxy) is 4. The summed E-state index contributed by atoms with van der Waals surface area (Å²) in [5, 5.41) is 3.47. The van der Waals surface area contributed by atoms with Gasteiger partial charge in [0.2, 0.25) is 0 Å². The molecule has 0 saturated carbocycles. The molecule has 0 atom stereocenters. The first-order valence-corrected chi connectivity index (χ1v) is 8.36. The summed E-state index contributed by atoms with van der Waals surface area (Å²) in [6.07, 6.45) is 0.946. The van der Waals surface area contributed by atoms with Gasteiger partial charge >= 0.3 is 0 Å². The van der Waals surface area contributed by atoms with Gasteiger partial charge in [-0.15, -0.1) is 12.4 Å². The van der Waals surface area contributed by atoms with E-state index in [1.54, 1.807) is 0 Å². The lowest BCUT2D eigenvalue weighted by Gasteiger charge is -2.19. The third-order valence-electron chi connectivity index (χ3n) is 4.13. The number of hydrogen-bond donors (Lipinski definition) is 1. The highest BCUT2D eigenvalue weighted by Crippen LogP contribution is 2.31. The van der Waals surface area contributed by atoms with Crippen LogP contribution in [0.4, 0.5) is 0 Å². The lowest BCUT2D eigenvalue weighted by Crippen LogP contribution is -2.19. The van der Waals surface area contributed by atoms with Gasteiger partial charge in [-0.2, -0.15) is 0 Å². The summed E-state index contributed by atoms with van der Waals surface area (Å²) < 4.78 is 22.3. The van der Waals surface area contributed by atoms with Gasteiger partial charge in [0.1, 0.15) is 26.4 Å². The van der Waals surface area contributed by atoms with Crippen molar-refractivity contribution in [3.63, 3.8) is 0 Å². The lowest BCUT2D eigenvalue weighted by atomic mass is 10.1. The van der Waals surface area contributed by atoms with E-state index in [2.05, 4.69) is 23.5 Å². The van der Waals surface area contributed by atoms with Gasteiger partial charge in [0.05, 0.1) is 0 Å². The summed E-state index contributed by atoms with van der Waals surface area (Å²) >= 11 is 0. The van der Waals surface area contributed by atoms with E-state index in [1.807, 2.05) is 18.2 Å². The molecular weight excluding hydrogens is 342 g/mol. The highest BCUT2D eigenvalue weighted by Gasteiger charge is 2.12. The maximum atomic E-state index is 5.62. The zero-order chi connectivity index (χ0) is 16.2. The van der Waals surface area contributed by atoms with Crippen molar-refractivity contribution < 1.29 is 18.9 Å². The van der Waals surface area contributed by atoms with Crippen LogP contribution in [-0.2, 0) is 13.0 Å². The van der Waals surface area contributed by atoms with Gasteiger partial charge < -0.3 is 24.3 Å². The largest absolute Gasteiger partial charge is 0.486 e. The Morgan fingerprint density at radius 1 is 0.680 bits per heavy atom. The first kappa shape index (κ1) is 17.7. The molecule has 2 aliphatic heterocycles. The fourth-order valence-electron chi connectivity index (χ4n) is 2.91. The lowest BCUT2D eigenvalue weighted by molar-refractivity contribution is 0.171. The maximum absolute atomic E-state index is 5.62. The number of fused-ring (bicyclic) bond motifs is 2. The molecule has 0 fully saturated rings. The Morgan fingerprint density at radius 3 is 1.84 bits per heavy atom. The second-order valence-electron chi connectivity index (χ2n) is 5.88. The van der Waals surface area contributed by atoms with Crippen LogP contribution in [0.15, 0.2) is 36.4 Å². The molecule has 4 rings (SSSR count). The molecule has 25 heavy (non-hydrogen) atoms. The Kier molecular flexibility index (Phi) is 5.89. The van der Waals surface area contributed by atoms with Crippen molar-refractivity contribution in [2.75, 3.05) is 33.0 Å². The van der Waals surface area contributed by atoms with Gasteiger partial charge in [0, 0.05) is 6.54 Å². The molecule has 2 heterocycles. The van der Waals surface area contributed by atoms with E-state index in [0.29, 0.717) is 26.4 Å². The van der Waals surface area contributed by atoms with E-state index in [-0.39, 0.29) is 12.4 Å². The van der Waals surface area contributed by atoms with Crippen LogP contribution >= 0.6 is 12.4 Å². The summed E-state index contributed by atoms with van der Waals surface area (Å²) in [7, 11) is 0. The highest BCUT2D eigenvalue weighted by molar-refractivity contribution is 5.85. The number of benzene rings is 2. The average molecular weight is 364 g/mol. The summed E-state index contributed by atoms with van der Waals surface area (Å²) in [4.78, 5) is 0. The van der Waals surface area contributed by atoms with Crippen LogP contribution in [0, 0.1) is 0 Å². The molecule has 0 amide bonds. The van der Waals surface area contributed by atoms with Crippen molar-refractivity contribution in [3.05, 3.63) is 47.5 Å². The Morgan fingerprint density at radius 2 is 1.20 bits per heavy atom. The molecule has 0 aromatic heterocycles. The van der Waals surface area contributed by atoms with Crippen molar-refractivity contribution in [1.29, 1.82) is 0 Å². The van der Waals surface area contributed by atoms with Gasteiger partial charge in [0.25, 0.3) is 0 Å². The van der Waals surface area contributed by atoms with Gasteiger partial charge in [-0.05, 0) is 48.4 Å². The Bertz CT molecular complexity index is 661. The van der Waals surface area contributed by atoms with Crippen molar-refractivity contribution in [2.45, 2.75) is 13.0 Å². The minimum atomic E-state index is 0. The third kappa shape index (κ3) is 4.30. The number of halogens is 1. The van der Waals surface area contributed by atoms with Gasteiger partial charge in [-0.1, -0.05) is 12.1 Å². The van der Waals surface area contributed by atoms with E-state index in [4.69, 9.17) is 18.9 Å². The molecule has 6 heteroatoms. The second-order valence-corrected chi connectivity index (χ2v) is 5.88. The third-order valence-corrected chi connectivity index (χ3v) is 4.13. The summed E-state index contributed by atoms with van der Waals surface area (Å²) in [6.45, 7) is 4.20. The molecular formula is C19H22ClNO4. The molecule has 0 bridgehead atoms. The minimum absolute atomic E-state index is 0. The molecule has 0 radical (unpaired) electrons. The molecule has 0 unspecified atom stereocenters. The van der Waals surface area contributed by atoms with Crippen LogP contribution < -0.4 is 24.3 Å². The van der Waals surface area contributed by atoms with Crippen molar-refractivity contribution in [3.8, 4) is 23.0 Å². The number of rotatable bonds is 5. The van der Waals surface area contributed by atoms with Crippen LogP contribution in [0.2, 0.25) is 0 Å². The summed E-state index contributed by atoms with van der Waals surface area (Å²) in [5.74, 6) is 3.37. The van der Waals surface area contributed by atoms with Crippen LogP contribution in [0.3, 0.4) is 0 Å². The number of hydrogen-bond acceptors (Lipinski definition) is 5. The normalized spacial score (nSPS) is 14.6. The Hall–Kier alpha value is -2.11. The molecule has 5 nitrogen and oxygen atoms in total. The van der Waals surface area contributed by atoms with Gasteiger partial charge in [-0.25, -0.2) is 0 Å². The first-order valence-electron chi connectivity index (χ1n) is 8.36. The standard InChI is InChI=1S/C19H21NO4.ClH/c1-3-16-18(23-9-7-21-16)11-14(1)5-6-20-13-15-2-4-17-19(12-15)24-10-8-22-17;/h1-4,11-12,20H,5-10,13H2;1H. The zero-order valence-electron chi connectivity index (χ0n) is 14.0. The smallest absolute Gasteiger partial charge is 0.161 e. The first-order chi connectivity index (χ1) is 11.9. The molecule has 2 aromatic rings. The van der Waals surface area contributed by atoms with E-state index >= 15 is 0 Å². The maximum Gasteiger partial charge on any atom is 0.161 e. The quantitative estimate of drug-likeness (QED) is 0.828. The van der Waals surface area contributed by atoms with Crippen LogP contribution in [0.5, 0.6) is 23.0 Å². The van der Waals surface area contributed by atoms with Crippen LogP contribution in [0.1, 0.15) is 11.1 Å². The summed E-state index contributed by atoms with van der Waals surface area (Å²) in [6, 6.07) is 12.3. The van der Waals surface area contributed by atoms with E-state index < -0.39 is 0 Å². The minimum Gasteiger partial charge on any atom is -0.486 e.